The second kappa shape index (κ2) is 2.74. The summed E-state index contributed by atoms with van der Waals surface area (Å²) in [6.45, 7) is 2.17. The zero-order valence-corrected chi connectivity index (χ0v) is 5.58. The van der Waals surface area contributed by atoms with E-state index in [0.717, 1.165) is 13.8 Å². The molecule has 0 aromatic carbocycles. The fourth-order valence-electron chi connectivity index (χ4n) is 0.285. The monoisotopic (exact) mass is 149 g/mol. The summed E-state index contributed by atoms with van der Waals surface area (Å²) in [6, 6.07) is 1.41. The lowest BCUT2D eigenvalue weighted by atomic mass is 9.95. The van der Waals surface area contributed by atoms with Crippen LogP contribution >= 0.6 is 0 Å². The molecule has 0 radical (unpaired) electrons. The highest BCUT2D eigenvalue weighted by Crippen LogP contribution is 2.29. The molecule has 0 spiro atoms. The fraction of sp³-hybridized carbons (Fsp3) is 0.500. The van der Waals surface area contributed by atoms with E-state index in [-0.39, 0.29) is 0 Å². The third-order valence-electron chi connectivity index (χ3n) is 0.994. The summed E-state index contributed by atoms with van der Waals surface area (Å²) in [6.07, 6.45) is -2.42. The van der Waals surface area contributed by atoms with E-state index in [1.807, 2.05) is 0 Å². The molecule has 0 aromatic heterocycles. The Bertz CT molecular complexity index is 196. The molecule has 0 heterocycles. The zero-order valence-electron chi connectivity index (χ0n) is 5.58. The molecule has 0 unspecified atom stereocenters. The minimum absolute atomic E-state index is 1.08. The Labute approximate surface area is 56.8 Å². The third-order valence-corrected chi connectivity index (χ3v) is 0.994. The number of nitriles is 1. The van der Waals surface area contributed by atoms with E-state index in [2.05, 4.69) is 0 Å². The lowest BCUT2D eigenvalue weighted by Gasteiger charge is -2.09. The second-order valence-corrected chi connectivity index (χ2v) is 2.31. The first-order valence-electron chi connectivity index (χ1n) is 2.54. The molecule has 0 saturated carbocycles. The van der Waals surface area contributed by atoms with E-state index >= 15 is 0 Å². The highest BCUT2D eigenvalue weighted by Gasteiger charge is 2.27. The summed E-state index contributed by atoms with van der Waals surface area (Å²) in [5, 5.41) is 8.16. The number of allylic oxidation sites excluding steroid dienone is 1. The van der Waals surface area contributed by atoms with Crippen LogP contribution in [0.15, 0.2) is 11.9 Å². The van der Waals surface area contributed by atoms with Crippen molar-refractivity contribution >= 4 is 0 Å². The molecule has 4 heteroatoms. The first kappa shape index (κ1) is 9.02. The maximum atomic E-state index is 12.2. The molecule has 0 rings (SSSR count). The Morgan fingerprint density at radius 1 is 1.30 bits per heavy atom. The van der Waals surface area contributed by atoms with Crippen molar-refractivity contribution in [2.45, 2.75) is 13.8 Å². The molecule has 0 aliphatic heterocycles. The lowest BCUT2D eigenvalue weighted by molar-refractivity contribution is 0.326. The minimum Gasteiger partial charge on any atom is -0.204 e. The van der Waals surface area contributed by atoms with Crippen molar-refractivity contribution in [3.63, 3.8) is 0 Å². The predicted molar refractivity (Wildman–Crippen MR) is 29.7 cm³/mol. The van der Waals surface area contributed by atoms with Crippen LogP contribution in [0.3, 0.4) is 0 Å². The molecule has 0 aliphatic rings. The molecule has 56 valence electrons. The topological polar surface area (TPSA) is 23.8 Å². The first-order valence-corrected chi connectivity index (χ1v) is 2.54. The largest absolute Gasteiger partial charge is 0.303 e. The molecule has 0 aromatic rings. The van der Waals surface area contributed by atoms with Crippen LogP contribution in [0.2, 0.25) is 0 Å². The van der Waals surface area contributed by atoms with Gasteiger partial charge in [-0.25, -0.2) is 4.39 Å². The van der Waals surface area contributed by atoms with Crippen LogP contribution in [0, 0.1) is 16.7 Å². The maximum Gasteiger partial charge on any atom is 0.303 e. The average molecular weight is 149 g/mol. The van der Waals surface area contributed by atoms with E-state index in [1.54, 1.807) is 0 Å². The lowest BCUT2D eigenvalue weighted by Crippen LogP contribution is -2.08. The van der Waals surface area contributed by atoms with Gasteiger partial charge in [-0.15, -0.1) is 0 Å². The molecule has 10 heavy (non-hydrogen) atoms. The van der Waals surface area contributed by atoms with Crippen molar-refractivity contribution in [1.82, 2.24) is 0 Å². The van der Waals surface area contributed by atoms with E-state index in [1.165, 1.54) is 6.07 Å². The van der Waals surface area contributed by atoms with Gasteiger partial charge in [-0.2, -0.15) is 14.0 Å². The van der Waals surface area contributed by atoms with Gasteiger partial charge in [0, 0.05) is 0 Å². The number of hydrogen-bond acceptors (Lipinski definition) is 1. The van der Waals surface area contributed by atoms with Gasteiger partial charge in [-0.3, -0.25) is 0 Å². The Balaban J connectivity index is 4.71. The molecule has 0 bridgehead atoms. The Hall–Kier alpha value is -0.980. The molecule has 0 aliphatic carbocycles. The minimum atomic E-state index is -2.42. The first-order chi connectivity index (χ1) is 4.41. The highest BCUT2D eigenvalue weighted by molar-refractivity contribution is 5.14. The molecular formula is C6H6F3N. The van der Waals surface area contributed by atoms with Crippen molar-refractivity contribution in [3.05, 3.63) is 11.9 Å². The zero-order chi connectivity index (χ0) is 8.36. The van der Waals surface area contributed by atoms with Gasteiger partial charge in [0.25, 0.3) is 0 Å². The molecule has 0 atom stereocenters. The Morgan fingerprint density at radius 3 is 1.80 bits per heavy atom. The number of hydrogen-bond donors (Lipinski definition) is 0. The van der Waals surface area contributed by atoms with E-state index in [0.29, 0.717) is 0 Å². The number of rotatable bonds is 1. The molecule has 0 N–H and O–H groups in total. The summed E-state index contributed by atoms with van der Waals surface area (Å²) in [7, 11) is 0. The predicted octanol–water partition coefficient (Wildman–Crippen LogP) is 2.61. The molecular weight excluding hydrogens is 143 g/mol. The fourth-order valence-corrected chi connectivity index (χ4v) is 0.285. The SMILES string of the molecule is CC(C)(C#N)C(F)=C(F)F. The van der Waals surface area contributed by atoms with E-state index in [4.69, 9.17) is 5.26 Å². The van der Waals surface area contributed by atoms with Crippen LogP contribution in [-0.4, -0.2) is 0 Å². The van der Waals surface area contributed by atoms with Crippen LogP contribution in [0.25, 0.3) is 0 Å². The van der Waals surface area contributed by atoms with Crippen molar-refractivity contribution < 1.29 is 13.2 Å². The van der Waals surface area contributed by atoms with Crippen molar-refractivity contribution in [2.75, 3.05) is 0 Å². The van der Waals surface area contributed by atoms with Gasteiger partial charge in [-0.1, -0.05) is 0 Å². The third kappa shape index (κ3) is 1.76. The van der Waals surface area contributed by atoms with Gasteiger partial charge in [-0.05, 0) is 13.8 Å². The maximum absolute atomic E-state index is 12.2. The second-order valence-electron chi connectivity index (χ2n) is 2.31. The highest BCUT2D eigenvalue weighted by atomic mass is 19.3. The van der Waals surface area contributed by atoms with Crippen molar-refractivity contribution in [2.24, 2.45) is 5.41 Å². The van der Waals surface area contributed by atoms with Crippen LogP contribution < -0.4 is 0 Å². The van der Waals surface area contributed by atoms with Gasteiger partial charge >= 0.3 is 6.08 Å². The quantitative estimate of drug-likeness (QED) is 0.562. The van der Waals surface area contributed by atoms with Crippen LogP contribution in [0.5, 0.6) is 0 Å². The smallest absolute Gasteiger partial charge is 0.204 e. The molecule has 0 saturated heterocycles. The standard InChI is InChI=1S/C6H6F3N/c1-6(2,3-10)4(7)5(8)9/h1-2H3. The van der Waals surface area contributed by atoms with Crippen LogP contribution in [0.1, 0.15) is 13.8 Å². The van der Waals surface area contributed by atoms with Gasteiger partial charge in [0.05, 0.1) is 6.07 Å². The summed E-state index contributed by atoms with van der Waals surface area (Å²) in [5.41, 5.74) is -1.71. The van der Waals surface area contributed by atoms with Gasteiger partial charge in [0.2, 0.25) is 0 Å². The summed E-state index contributed by atoms with van der Waals surface area (Å²) in [5.74, 6) is -1.66. The Morgan fingerprint density at radius 2 is 1.70 bits per heavy atom. The molecule has 0 amide bonds. The van der Waals surface area contributed by atoms with Gasteiger partial charge in [0.1, 0.15) is 5.41 Å². The normalized spacial score (nSPS) is 10.4. The van der Waals surface area contributed by atoms with Gasteiger partial charge in [0.15, 0.2) is 5.83 Å². The van der Waals surface area contributed by atoms with E-state index < -0.39 is 17.3 Å². The summed E-state index contributed by atoms with van der Waals surface area (Å²) >= 11 is 0. The van der Waals surface area contributed by atoms with Crippen molar-refractivity contribution in [3.8, 4) is 6.07 Å². The van der Waals surface area contributed by atoms with Crippen LogP contribution in [0.4, 0.5) is 13.2 Å². The van der Waals surface area contributed by atoms with E-state index in [9.17, 15) is 13.2 Å². The Kier molecular flexibility index (Phi) is 2.47. The summed E-state index contributed by atoms with van der Waals surface area (Å²) in [4.78, 5) is 0. The average Bonchev–Trinajstić information content (AvgIpc) is 1.86. The molecule has 1 nitrogen and oxygen atoms in total. The summed E-state index contributed by atoms with van der Waals surface area (Å²) < 4.78 is 35.1. The van der Waals surface area contributed by atoms with Crippen LogP contribution in [-0.2, 0) is 0 Å². The molecule has 0 fully saturated rings. The van der Waals surface area contributed by atoms with Crippen molar-refractivity contribution in [1.29, 1.82) is 5.26 Å². The van der Waals surface area contributed by atoms with Gasteiger partial charge < -0.3 is 0 Å². The number of nitrogens with zero attached hydrogens (tertiary/aromatic N) is 1. The number of halogens is 3.